The minimum absolute atomic E-state index is 0.0971. The quantitative estimate of drug-likeness (QED) is 0.355. The van der Waals surface area contributed by atoms with Crippen LogP contribution >= 0.6 is 0 Å². The van der Waals surface area contributed by atoms with Crippen molar-refractivity contribution in [2.24, 2.45) is 17.3 Å². The maximum atomic E-state index is 12.2. The van der Waals surface area contributed by atoms with Crippen molar-refractivity contribution in [3.05, 3.63) is 24.3 Å². The van der Waals surface area contributed by atoms with E-state index in [0.717, 1.165) is 44.9 Å². The van der Waals surface area contributed by atoms with E-state index in [1.807, 2.05) is 18.2 Å². The van der Waals surface area contributed by atoms with Gasteiger partial charge in [-0.25, -0.2) is 0 Å². The Bertz CT molecular complexity index is 507. The molecule has 154 valence electrons. The van der Waals surface area contributed by atoms with Crippen LogP contribution in [-0.2, 0) is 4.79 Å². The van der Waals surface area contributed by atoms with Gasteiger partial charge in [0.15, 0.2) is 0 Å². The van der Waals surface area contributed by atoms with Crippen molar-refractivity contribution in [1.82, 2.24) is 0 Å². The first-order valence-corrected chi connectivity index (χ1v) is 10.9. The standard InChI is InChI=1S/C23H38O4/c1-2-13-23(14-9-15-23)22(27)12-8-11-19-18(20(25)17-21(19)26)10-6-4-3-5-7-16-24/h4,6,8,11,18-19,21-22,24,26-27H,2-3,5,7,9-10,12-17H2,1H3/t18-,19-,21?,22?/m1/s1. The molecule has 0 aromatic carbocycles. The largest absolute Gasteiger partial charge is 0.396 e. The van der Waals surface area contributed by atoms with Crippen LogP contribution in [-0.4, -0.2) is 39.9 Å². The molecule has 0 bridgehead atoms. The van der Waals surface area contributed by atoms with Gasteiger partial charge in [0.05, 0.1) is 12.2 Å². The van der Waals surface area contributed by atoms with Gasteiger partial charge in [-0.2, -0.15) is 0 Å². The minimum atomic E-state index is -0.605. The number of carbonyl (C=O) groups excluding carboxylic acids is 1. The molecular formula is C23H38O4. The molecule has 0 aromatic heterocycles. The Balaban J connectivity index is 1.86. The number of ketones is 1. The van der Waals surface area contributed by atoms with Crippen LogP contribution in [0.3, 0.4) is 0 Å². The summed E-state index contributed by atoms with van der Waals surface area (Å²) in [6.07, 6.45) is 17.0. The second-order valence-electron chi connectivity index (χ2n) is 8.49. The van der Waals surface area contributed by atoms with E-state index < -0.39 is 6.10 Å². The van der Waals surface area contributed by atoms with E-state index >= 15 is 0 Å². The fraction of sp³-hybridized carbons (Fsp3) is 0.783. The van der Waals surface area contributed by atoms with Crippen LogP contribution in [0.2, 0.25) is 0 Å². The predicted molar refractivity (Wildman–Crippen MR) is 108 cm³/mol. The maximum Gasteiger partial charge on any atom is 0.139 e. The molecule has 27 heavy (non-hydrogen) atoms. The third-order valence-electron chi connectivity index (χ3n) is 6.59. The molecule has 0 heterocycles. The van der Waals surface area contributed by atoms with E-state index in [9.17, 15) is 15.0 Å². The summed E-state index contributed by atoms with van der Waals surface area (Å²) in [7, 11) is 0. The number of aliphatic hydroxyl groups is 3. The third-order valence-corrected chi connectivity index (χ3v) is 6.59. The van der Waals surface area contributed by atoms with E-state index in [-0.39, 0.29) is 42.2 Å². The number of unbranched alkanes of at least 4 members (excludes halogenated alkanes) is 2. The van der Waals surface area contributed by atoms with Crippen LogP contribution in [0, 0.1) is 17.3 Å². The molecule has 2 rings (SSSR count). The third kappa shape index (κ3) is 6.00. The Morgan fingerprint density at radius 3 is 2.63 bits per heavy atom. The number of carbonyl (C=O) groups is 1. The van der Waals surface area contributed by atoms with Crippen molar-refractivity contribution in [3.8, 4) is 0 Å². The smallest absolute Gasteiger partial charge is 0.139 e. The molecule has 0 saturated heterocycles. The summed E-state index contributed by atoms with van der Waals surface area (Å²) in [6, 6.07) is 0. The lowest BCUT2D eigenvalue weighted by molar-refractivity contribution is -0.121. The topological polar surface area (TPSA) is 77.8 Å². The summed E-state index contributed by atoms with van der Waals surface area (Å²) < 4.78 is 0. The van der Waals surface area contributed by atoms with Crippen LogP contribution in [0.15, 0.2) is 24.3 Å². The van der Waals surface area contributed by atoms with Crippen molar-refractivity contribution in [3.63, 3.8) is 0 Å². The SMILES string of the molecule is CCCC1(C(O)CC=C[C@H]2C(O)CC(=O)[C@@H]2CC=CCCCCO)CCC1. The molecule has 2 fully saturated rings. The average molecular weight is 379 g/mol. The molecule has 2 saturated carbocycles. The summed E-state index contributed by atoms with van der Waals surface area (Å²) in [5, 5.41) is 29.7. The fourth-order valence-electron chi connectivity index (χ4n) is 4.76. The second-order valence-corrected chi connectivity index (χ2v) is 8.49. The first kappa shape index (κ1) is 22.3. The number of hydrogen-bond donors (Lipinski definition) is 3. The van der Waals surface area contributed by atoms with Crippen LogP contribution in [0.25, 0.3) is 0 Å². The van der Waals surface area contributed by atoms with Gasteiger partial charge >= 0.3 is 0 Å². The molecule has 0 amide bonds. The normalized spacial score (nSPS) is 28.9. The van der Waals surface area contributed by atoms with E-state index in [1.165, 1.54) is 6.42 Å². The highest BCUT2D eigenvalue weighted by Gasteiger charge is 2.42. The first-order valence-electron chi connectivity index (χ1n) is 10.9. The Morgan fingerprint density at radius 2 is 2.00 bits per heavy atom. The van der Waals surface area contributed by atoms with Crippen LogP contribution in [0.4, 0.5) is 0 Å². The summed E-state index contributed by atoms with van der Waals surface area (Å²) in [4.78, 5) is 12.2. The molecule has 0 spiro atoms. The van der Waals surface area contributed by atoms with Crippen molar-refractivity contribution in [2.45, 2.75) is 89.8 Å². The highest BCUT2D eigenvalue weighted by Crippen LogP contribution is 2.48. The van der Waals surface area contributed by atoms with Crippen molar-refractivity contribution in [2.75, 3.05) is 6.61 Å². The zero-order chi connectivity index (χ0) is 19.7. The van der Waals surface area contributed by atoms with Crippen molar-refractivity contribution < 1.29 is 20.1 Å². The lowest BCUT2D eigenvalue weighted by atomic mass is 9.62. The molecular weight excluding hydrogens is 340 g/mol. The molecule has 0 aromatic rings. The van der Waals surface area contributed by atoms with Gasteiger partial charge in [0, 0.05) is 24.9 Å². The summed E-state index contributed by atoms with van der Waals surface area (Å²) in [5.74, 6) is -0.162. The van der Waals surface area contributed by atoms with E-state index in [4.69, 9.17) is 5.11 Å². The van der Waals surface area contributed by atoms with Gasteiger partial charge in [0.25, 0.3) is 0 Å². The van der Waals surface area contributed by atoms with Gasteiger partial charge in [0.2, 0.25) is 0 Å². The number of aliphatic hydroxyl groups excluding tert-OH is 3. The van der Waals surface area contributed by atoms with E-state index in [0.29, 0.717) is 12.8 Å². The average Bonchev–Trinajstić information content (AvgIpc) is 2.87. The number of Topliss-reactive ketones (excluding diaryl/α,β-unsaturated/α-hetero) is 1. The lowest BCUT2D eigenvalue weighted by Crippen LogP contribution is -2.41. The number of rotatable bonds is 12. The molecule has 4 heteroatoms. The molecule has 3 N–H and O–H groups in total. The number of allylic oxidation sites excluding steroid dienone is 2. The van der Waals surface area contributed by atoms with Crippen LogP contribution in [0.5, 0.6) is 0 Å². The van der Waals surface area contributed by atoms with Crippen molar-refractivity contribution in [1.29, 1.82) is 0 Å². The highest BCUT2D eigenvalue weighted by atomic mass is 16.3. The van der Waals surface area contributed by atoms with E-state index in [1.54, 1.807) is 0 Å². The maximum absolute atomic E-state index is 12.2. The first-order chi connectivity index (χ1) is 13.0. The van der Waals surface area contributed by atoms with Gasteiger partial charge in [-0.05, 0) is 56.8 Å². The zero-order valence-corrected chi connectivity index (χ0v) is 16.9. The Kier molecular flexibility index (Phi) is 9.20. The van der Waals surface area contributed by atoms with Crippen molar-refractivity contribution >= 4 is 5.78 Å². The fourth-order valence-corrected chi connectivity index (χ4v) is 4.76. The van der Waals surface area contributed by atoms with Gasteiger partial charge in [-0.15, -0.1) is 0 Å². The molecule has 4 nitrogen and oxygen atoms in total. The molecule has 0 radical (unpaired) electrons. The molecule has 4 atom stereocenters. The van der Waals surface area contributed by atoms with Crippen LogP contribution in [0.1, 0.15) is 77.6 Å². The zero-order valence-electron chi connectivity index (χ0n) is 16.9. The van der Waals surface area contributed by atoms with Gasteiger partial charge in [0.1, 0.15) is 5.78 Å². The Hall–Kier alpha value is -0.970. The molecule has 2 unspecified atom stereocenters. The molecule has 2 aliphatic carbocycles. The summed E-state index contributed by atoms with van der Waals surface area (Å²) >= 11 is 0. The minimum Gasteiger partial charge on any atom is -0.396 e. The van der Waals surface area contributed by atoms with Gasteiger partial charge in [-0.1, -0.05) is 44.1 Å². The molecule has 0 aliphatic heterocycles. The van der Waals surface area contributed by atoms with Crippen LogP contribution < -0.4 is 0 Å². The summed E-state index contributed by atoms with van der Waals surface area (Å²) in [5.41, 5.74) is 0.0971. The molecule has 2 aliphatic rings. The lowest BCUT2D eigenvalue weighted by Gasteiger charge is -2.45. The van der Waals surface area contributed by atoms with E-state index in [2.05, 4.69) is 13.0 Å². The Morgan fingerprint density at radius 1 is 1.22 bits per heavy atom. The Labute approximate surface area is 164 Å². The second kappa shape index (κ2) is 11.1. The van der Waals surface area contributed by atoms with Gasteiger partial charge in [-0.3, -0.25) is 4.79 Å². The highest BCUT2D eigenvalue weighted by molar-refractivity contribution is 5.84. The monoisotopic (exact) mass is 378 g/mol. The predicted octanol–water partition coefficient (Wildman–Crippen LogP) is 3.94. The number of hydrogen-bond acceptors (Lipinski definition) is 4. The summed E-state index contributed by atoms with van der Waals surface area (Å²) in [6.45, 7) is 2.39. The van der Waals surface area contributed by atoms with Gasteiger partial charge < -0.3 is 15.3 Å².